The second kappa shape index (κ2) is 9.99. The van der Waals surface area contributed by atoms with Crippen molar-refractivity contribution in [2.24, 2.45) is 0 Å². The van der Waals surface area contributed by atoms with E-state index in [0.717, 1.165) is 0 Å². The first-order valence-corrected chi connectivity index (χ1v) is 9.96. The maximum Gasteiger partial charge on any atom is 0.323 e. The molecule has 7 heteroatoms. The number of furan rings is 1. The molecule has 4 aromatic rings. The number of para-hydroxylation sites is 2. The van der Waals surface area contributed by atoms with Crippen LogP contribution in [0.3, 0.4) is 0 Å². The van der Waals surface area contributed by atoms with Gasteiger partial charge in [-0.15, -0.1) is 0 Å². The highest BCUT2D eigenvalue weighted by molar-refractivity contribution is 6.03. The van der Waals surface area contributed by atoms with Gasteiger partial charge in [0.1, 0.15) is 12.4 Å². The van der Waals surface area contributed by atoms with Crippen LogP contribution in [0.25, 0.3) is 0 Å². The number of hydrogen-bond donors (Lipinski definition) is 3. The Kier molecular flexibility index (Phi) is 6.48. The third kappa shape index (κ3) is 5.54. The predicted molar refractivity (Wildman–Crippen MR) is 123 cm³/mol. The molecule has 1 heterocycles. The number of carbonyl (C=O) groups excluding carboxylic acids is 2. The van der Waals surface area contributed by atoms with Gasteiger partial charge < -0.3 is 25.1 Å². The Hall–Kier alpha value is -4.52. The number of nitrogens with one attached hydrogen (secondary N) is 3. The van der Waals surface area contributed by atoms with Crippen LogP contribution in [0.4, 0.5) is 21.9 Å². The standard InChI is InChI=1S/C25H21N3O4/c29-24(23-18(15-16-31-23)17-32-22-9-5-2-6-10-22)26-20-11-13-21(14-12-20)28-25(30)27-19-7-3-1-4-8-19/h1-16H,17H2,(H,26,29)(H2,27,28,30). The molecule has 3 amide bonds. The maximum absolute atomic E-state index is 12.6. The minimum Gasteiger partial charge on any atom is -0.489 e. The number of rotatable bonds is 7. The summed E-state index contributed by atoms with van der Waals surface area (Å²) in [4.78, 5) is 24.7. The molecule has 0 radical (unpaired) electrons. The Morgan fingerprint density at radius 1 is 0.688 bits per heavy atom. The zero-order chi connectivity index (χ0) is 22.2. The quantitative estimate of drug-likeness (QED) is 0.350. The normalized spacial score (nSPS) is 10.2. The largest absolute Gasteiger partial charge is 0.489 e. The number of benzene rings is 3. The highest BCUT2D eigenvalue weighted by Crippen LogP contribution is 2.19. The van der Waals surface area contributed by atoms with E-state index in [-0.39, 0.29) is 24.3 Å². The van der Waals surface area contributed by atoms with Gasteiger partial charge in [0.25, 0.3) is 5.91 Å². The molecule has 4 rings (SSSR count). The van der Waals surface area contributed by atoms with E-state index in [4.69, 9.17) is 9.15 Å². The Morgan fingerprint density at radius 2 is 1.25 bits per heavy atom. The monoisotopic (exact) mass is 427 g/mol. The minimum atomic E-state index is -0.385. The highest BCUT2D eigenvalue weighted by atomic mass is 16.5. The van der Waals surface area contributed by atoms with Gasteiger partial charge in [-0.3, -0.25) is 4.79 Å². The van der Waals surface area contributed by atoms with Crippen molar-refractivity contribution in [3.05, 3.63) is 109 Å². The minimum absolute atomic E-state index is 0.186. The van der Waals surface area contributed by atoms with E-state index in [0.29, 0.717) is 28.4 Å². The third-order valence-corrected chi connectivity index (χ3v) is 4.52. The molecule has 7 nitrogen and oxygen atoms in total. The fourth-order valence-corrected chi connectivity index (χ4v) is 2.97. The summed E-state index contributed by atoms with van der Waals surface area (Å²) in [7, 11) is 0. The van der Waals surface area contributed by atoms with Crippen molar-refractivity contribution in [2.45, 2.75) is 6.61 Å². The average Bonchev–Trinajstić information content (AvgIpc) is 3.29. The van der Waals surface area contributed by atoms with E-state index in [1.54, 1.807) is 42.5 Å². The van der Waals surface area contributed by atoms with Gasteiger partial charge in [-0.1, -0.05) is 36.4 Å². The van der Waals surface area contributed by atoms with Gasteiger partial charge in [-0.2, -0.15) is 0 Å². The summed E-state index contributed by atoms with van der Waals surface area (Å²) < 4.78 is 11.1. The van der Waals surface area contributed by atoms with Gasteiger partial charge in [0.15, 0.2) is 5.76 Å². The van der Waals surface area contributed by atoms with Crippen molar-refractivity contribution in [3.8, 4) is 5.75 Å². The number of hydrogen-bond acceptors (Lipinski definition) is 4. The number of carbonyl (C=O) groups is 2. The summed E-state index contributed by atoms with van der Waals surface area (Å²) in [6.45, 7) is 0.211. The first-order chi connectivity index (χ1) is 15.7. The molecule has 0 spiro atoms. The molecule has 160 valence electrons. The topological polar surface area (TPSA) is 92.6 Å². The first kappa shape index (κ1) is 20.7. The first-order valence-electron chi connectivity index (χ1n) is 9.96. The van der Waals surface area contributed by atoms with Crippen LogP contribution in [0.15, 0.2) is 102 Å². The number of amides is 3. The highest BCUT2D eigenvalue weighted by Gasteiger charge is 2.16. The van der Waals surface area contributed by atoms with Crippen LogP contribution >= 0.6 is 0 Å². The van der Waals surface area contributed by atoms with Crippen molar-refractivity contribution < 1.29 is 18.7 Å². The lowest BCUT2D eigenvalue weighted by atomic mass is 10.2. The van der Waals surface area contributed by atoms with Gasteiger partial charge in [0.2, 0.25) is 0 Å². The molecule has 1 aromatic heterocycles. The number of anilines is 3. The van der Waals surface area contributed by atoms with E-state index in [2.05, 4.69) is 16.0 Å². The smallest absolute Gasteiger partial charge is 0.323 e. The summed E-state index contributed by atoms with van der Waals surface area (Å²) in [5.74, 6) is 0.508. The van der Waals surface area contributed by atoms with Crippen LogP contribution in [0.2, 0.25) is 0 Å². The molecule has 0 atom stereocenters. The Morgan fingerprint density at radius 3 is 1.91 bits per heavy atom. The molecule has 0 bridgehead atoms. The van der Waals surface area contributed by atoms with Crippen LogP contribution in [-0.4, -0.2) is 11.9 Å². The second-order valence-electron chi connectivity index (χ2n) is 6.85. The second-order valence-corrected chi connectivity index (χ2v) is 6.85. The maximum atomic E-state index is 12.6. The Labute approximate surface area is 185 Å². The predicted octanol–water partition coefficient (Wildman–Crippen LogP) is 5.75. The Bertz CT molecular complexity index is 1170. The molecule has 0 saturated heterocycles. The molecule has 0 aliphatic heterocycles. The summed E-state index contributed by atoms with van der Waals surface area (Å²) in [5.41, 5.74) is 2.49. The molecule has 0 unspecified atom stereocenters. The van der Waals surface area contributed by atoms with Crippen molar-refractivity contribution in [1.29, 1.82) is 0 Å². The van der Waals surface area contributed by atoms with E-state index < -0.39 is 0 Å². The third-order valence-electron chi connectivity index (χ3n) is 4.52. The molecule has 3 N–H and O–H groups in total. The molecule has 0 aliphatic carbocycles. The van der Waals surface area contributed by atoms with E-state index in [1.807, 2.05) is 48.5 Å². The van der Waals surface area contributed by atoms with Crippen LogP contribution in [0.1, 0.15) is 16.1 Å². The van der Waals surface area contributed by atoms with Gasteiger partial charge in [0, 0.05) is 22.6 Å². The van der Waals surface area contributed by atoms with Crippen LogP contribution < -0.4 is 20.7 Å². The van der Waals surface area contributed by atoms with Crippen molar-refractivity contribution in [3.63, 3.8) is 0 Å². The number of ether oxygens (including phenoxy) is 1. The van der Waals surface area contributed by atoms with E-state index in [1.165, 1.54) is 6.26 Å². The number of urea groups is 1. The molecular weight excluding hydrogens is 406 g/mol. The fraction of sp³-hybridized carbons (Fsp3) is 0.0400. The molecule has 0 aliphatic rings. The van der Waals surface area contributed by atoms with Crippen molar-refractivity contribution in [1.82, 2.24) is 0 Å². The molecule has 3 aromatic carbocycles. The van der Waals surface area contributed by atoms with E-state index in [9.17, 15) is 9.59 Å². The molecule has 0 saturated carbocycles. The van der Waals surface area contributed by atoms with Gasteiger partial charge >= 0.3 is 6.03 Å². The lowest BCUT2D eigenvalue weighted by Gasteiger charge is -2.09. The van der Waals surface area contributed by atoms with E-state index >= 15 is 0 Å². The van der Waals surface area contributed by atoms with Crippen LogP contribution in [0.5, 0.6) is 5.75 Å². The fourth-order valence-electron chi connectivity index (χ4n) is 2.97. The molecular formula is C25H21N3O4. The van der Waals surface area contributed by atoms with Crippen LogP contribution in [0, 0.1) is 0 Å². The summed E-state index contributed by atoms with van der Waals surface area (Å²) >= 11 is 0. The zero-order valence-electron chi connectivity index (χ0n) is 17.1. The lowest BCUT2D eigenvalue weighted by molar-refractivity contribution is 0.0993. The Balaban J connectivity index is 1.32. The summed E-state index contributed by atoms with van der Waals surface area (Å²) in [5, 5.41) is 8.27. The van der Waals surface area contributed by atoms with Crippen molar-refractivity contribution >= 4 is 29.0 Å². The average molecular weight is 427 g/mol. The summed E-state index contributed by atoms with van der Waals surface area (Å²) in [6, 6.07) is 26.6. The van der Waals surface area contributed by atoms with Crippen molar-refractivity contribution in [2.75, 3.05) is 16.0 Å². The van der Waals surface area contributed by atoms with Gasteiger partial charge in [-0.25, -0.2) is 4.79 Å². The summed E-state index contributed by atoms with van der Waals surface area (Å²) in [6.07, 6.45) is 1.46. The van der Waals surface area contributed by atoms with Gasteiger partial charge in [-0.05, 0) is 54.6 Å². The zero-order valence-corrected chi connectivity index (χ0v) is 17.1. The molecule has 0 fully saturated rings. The SMILES string of the molecule is O=C(Nc1ccccc1)Nc1ccc(NC(=O)c2occc2COc2ccccc2)cc1. The van der Waals surface area contributed by atoms with Gasteiger partial charge in [0.05, 0.1) is 6.26 Å². The van der Waals surface area contributed by atoms with Crippen LogP contribution in [-0.2, 0) is 6.61 Å². The lowest BCUT2D eigenvalue weighted by Crippen LogP contribution is -2.19. The molecule has 32 heavy (non-hydrogen) atoms.